The molecule has 0 spiro atoms. The number of aromatic carboxylic acids is 1. The topological polar surface area (TPSA) is 103 Å². The number of nitrogens with one attached hydrogen (secondary N) is 1. The molecule has 0 aliphatic rings. The lowest BCUT2D eigenvalue weighted by molar-refractivity contribution is 0.0696. The Labute approximate surface area is 173 Å². The van der Waals surface area contributed by atoms with Crippen molar-refractivity contribution in [1.29, 1.82) is 0 Å². The summed E-state index contributed by atoms with van der Waals surface area (Å²) in [6.07, 6.45) is 1.23. The monoisotopic (exact) mass is 470 g/mol. The summed E-state index contributed by atoms with van der Waals surface area (Å²) in [4.78, 5) is 19.5. The Hall–Kier alpha value is -2.17. The van der Waals surface area contributed by atoms with Crippen LogP contribution in [-0.2, 0) is 10.0 Å². The molecule has 2 rings (SSSR count). The van der Waals surface area contributed by atoms with E-state index in [1.165, 1.54) is 24.4 Å². The molecule has 8 nitrogen and oxygen atoms in total. The Morgan fingerprint density at radius 1 is 1.21 bits per heavy atom. The van der Waals surface area contributed by atoms with Gasteiger partial charge in [0.15, 0.2) is 5.82 Å². The van der Waals surface area contributed by atoms with Gasteiger partial charge in [-0.1, -0.05) is 15.9 Å². The average Bonchev–Trinajstić information content (AvgIpc) is 2.62. The minimum absolute atomic E-state index is 0.0683. The molecule has 2 aromatic rings. The number of carboxylic acid groups (broad SMARTS) is 1. The van der Waals surface area contributed by atoms with E-state index in [1.54, 1.807) is 12.1 Å². The lowest BCUT2D eigenvalue weighted by Gasteiger charge is -2.26. The molecule has 0 saturated heterocycles. The molecule has 2 N–H and O–H groups in total. The van der Waals surface area contributed by atoms with Gasteiger partial charge in [-0.15, -0.1) is 0 Å². The van der Waals surface area contributed by atoms with Gasteiger partial charge in [0.1, 0.15) is 0 Å². The molecular weight excluding hydrogens is 448 g/mol. The van der Waals surface area contributed by atoms with E-state index >= 15 is 0 Å². The molecule has 0 amide bonds. The maximum absolute atomic E-state index is 12.8. The quantitative estimate of drug-likeness (QED) is 0.580. The summed E-state index contributed by atoms with van der Waals surface area (Å²) in [6, 6.07) is 7.46. The summed E-state index contributed by atoms with van der Waals surface area (Å²) in [5, 5.41) is 9.28. The van der Waals surface area contributed by atoms with Gasteiger partial charge in [-0.3, -0.25) is 4.72 Å². The van der Waals surface area contributed by atoms with Gasteiger partial charge in [0.2, 0.25) is 0 Å². The highest BCUT2D eigenvalue weighted by Gasteiger charge is 2.21. The second-order valence-electron chi connectivity index (χ2n) is 6.34. The van der Waals surface area contributed by atoms with Crippen molar-refractivity contribution in [1.82, 2.24) is 9.88 Å². The molecule has 1 heterocycles. The van der Waals surface area contributed by atoms with Gasteiger partial charge in [-0.2, -0.15) is 0 Å². The van der Waals surface area contributed by atoms with Gasteiger partial charge >= 0.3 is 5.97 Å². The standard InChI is InChI=1S/C18H23BrN4O4S/c1-4-23(10-9-22(2)3)17-16(11-13(12-20-17)18(24)25)21-28(26,27)15-7-5-14(19)6-8-15/h5-8,11-12,21H,4,9-10H2,1-3H3,(H,24,25). The number of nitrogens with zero attached hydrogens (tertiary/aromatic N) is 3. The molecule has 0 bridgehead atoms. The van der Waals surface area contributed by atoms with Crippen molar-refractivity contribution in [2.75, 3.05) is 43.4 Å². The average molecular weight is 471 g/mol. The number of likely N-dealkylation sites (N-methyl/N-ethyl adjacent to an activating group) is 2. The van der Waals surface area contributed by atoms with Crippen molar-refractivity contribution in [3.63, 3.8) is 0 Å². The summed E-state index contributed by atoms with van der Waals surface area (Å²) >= 11 is 3.27. The van der Waals surface area contributed by atoms with Crippen LogP contribution < -0.4 is 9.62 Å². The molecule has 28 heavy (non-hydrogen) atoms. The van der Waals surface area contributed by atoms with E-state index in [1.807, 2.05) is 30.8 Å². The van der Waals surface area contributed by atoms with Gasteiger partial charge in [-0.05, 0) is 51.4 Å². The van der Waals surface area contributed by atoms with Crippen molar-refractivity contribution >= 4 is 43.4 Å². The van der Waals surface area contributed by atoms with Gasteiger partial charge in [0.05, 0.1) is 16.1 Å². The first-order chi connectivity index (χ1) is 13.1. The Kier molecular flexibility index (Phi) is 7.39. The number of anilines is 2. The summed E-state index contributed by atoms with van der Waals surface area (Å²) in [5.74, 6) is -0.797. The van der Waals surface area contributed by atoms with Crippen LogP contribution in [0.1, 0.15) is 17.3 Å². The fourth-order valence-corrected chi connectivity index (χ4v) is 3.77. The third-order valence-electron chi connectivity index (χ3n) is 3.98. The minimum Gasteiger partial charge on any atom is -0.478 e. The molecule has 0 aliphatic carbocycles. The van der Waals surface area contributed by atoms with Crippen LogP contribution in [-0.4, -0.2) is 63.1 Å². The summed E-state index contributed by atoms with van der Waals surface area (Å²) in [5.41, 5.74) is 0.0318. The number of carbonyl (C=O) groups is 1. The molecule has 0 unspecified atom stereocenters. The highest BCUT2D eigenvalue weighted by molar-refractivity contribution is 9.10. The number of halogens is 1. The van der Waals surface area contributed by atoms with Gasteiger partial charge in [0, 0.05) is 30.3 Å². The minimum atomic E-state index is -3.91. The highest BCUT2D eigenvalue weighted by atomic mass is 79.9. The predicted octanol–water partition coefficient (Wildman–Crippen LogP) is 2.73. The number of sulfonamides is 1. The van der Waals surface area contributed by atoms with Crippen molar-refractivity contribution in [2.45, 2.75) is 11.8 Å². The predicted molar refractivity (Wildman–Crippen MR) is 113 cm³/mol. The zero-order valence-corrected chi connectivity index (χ0v) is 18.3. The van der Waals surface area contributed by atoms with Crippen LogP contribution in [0.2, 0.25) is 0 Å². The number of hydrogen-bond donors (Lipinski definition) is 2. The van der Waals surface area contributed by atoms with Crippen LogP contribution in [0.5, 0.6) is 0 Å². The molecule has 0 aliphatic heterocycles. The smallest absolute Gasteiger partial charge is 0.337 e. The Bertz CT molecular complexity index is 933. The molecular formula is C18H23BrN4O4S. The largest absolute Gasteiger partial charge is 0.478 e. The summed E-state index contributed by atoms with van der Waals surface area (Å²) in [6.45, 7) is 3.85. The van der Waals surface area contributed by atoms with Crippen molar-refractivity contribution in [3.8, 4) is 0 Å². The fourth-order valence-electron chi connectivity index (χ4n) is 2.45. The van der Waals surface area contributed by atoms with Gasteiger partial charge in [0.25, 0.3) is 10.0 Å². The lowest BCUT2D eigenvalue weighted by Crippen LogP contribution is -2.33. The van der Waals surface area contributed by atoms with E-state index in [-0.39, 0.29) is 16.1 Å². The zero-order valence-electron chi connectivity index (χ0n) is 15.9. The van der Waals surface area contributed by atoms with E-state index in [0.717, 1.165) is 11.0 Å². The Balaban J connectivity index is 2.45. The number of rotatable bonds is 9. The molecule has 10 heteroatoms. The molecule has 0 fully saturated rings. The Morgan fingerprint density at radius 2 is 1.86 bits per heavy atom. The van der Waals surface area contributed by atoms with Crippen molar-refractivity contribution < 1.29 is 18.3 Å². The Morgan fingerprint density at radius 3 is 2.39 bits per heavy atom. The number of aromatic nitrogens is 1. The maximum Gasteiger partial charge on any atom is 0.337 e. The van der Waals surface area contributed by atoms with E-state index in [9.17, 15) is 18.3 Å². The molecule has 0 radical (unpaired) electrons. The molecule has 0 saturated carbocycles. The first kappa shape index (κ1) is 22.1. The second-order valence-corrected chi connectivity index (χ2v) is 8.94. The van der Waals surface area contributed by atoms with Crippen LogP contribution in [0, 0.1) is 0 Å². The van der Waals surface area contributed by atoms with Crippen LogP contribution in [0.4, 0.5) is 11.5 Å². The molecule has 0 atom stereocenters. The highest BCUT2D eigenvalue weighted by Crippen LogP contribution is 2.27. The molecule has 152 valence electrons. The fraction of sp³-hybridized carbons (Fsp3) is 0.333. The number of carboxylic acids is 1. The third kappa shape index (κ3) is 5.66. The van der Waals surface area contributed by atoms with Crippen LogP contribution in [0.25, 0.3) is 0 Å². The van der Waals surface area contributed by atoms with Crippen LogP contribution in [0.15, 0.2) is 45.9 Å². The first-order valence-electron chi connectivity index (χ1n) is 8.55. The van der Waals surface area contributed by atoms with Gasteiger partial charge < -0.3 is 14.9 Å². The lowest BCUT2D eigenvalue weighted by atomic mass is 10.2. The summed E-state index contributed by atoms with van der Waals surface area (Å²) in [7, 11) is -0.0360. The van der Waals surface area contributed by atoms with Crippen LogP contribution >= 0.6 is 15.9 Å². The summed E-state index contributed by atoms with van der Waals surface area (Å²) < 4.78 is 28.8. The van der Waals surface area contributed by atoms with E-state index < -0.39 is 16.0 Å². The first-order valence-corrected chi connectivity index (χ1v) is 10.8. The molecule has 1 aromatic heterocycles. The van der Waals surface area contributed by atoms with Gasteiger partial charge in [-0.25, -0.2) is 18.2 Å². The number of hydrogen-bond acceptors (Lipinski definition) is 6. The third-order valence-corrected chi connectivity index (χ3v) is 5.89. The molecule has 1 aromatic carbocycles. The number of benzene rings is 1. The van der Waals surface area contributed by atoms with Crippen molar-refractivity contribution in [3.05, 3.63) is 46.6 Å². The van der Waals surface area contributed by atoms with Crippen molar-refractivity contribution in [2.24, 2.45) is 0 Å². The van der Waals surface area contributed by atoms with Crippen LogP contribution in [0.3, 0.4) is 0 Å². The van der Waals surface area contributed by atoms with E-state index in [4.69, 9.17) is 0 Å². The second kappa shape index (κ2) is 9.35. The number of pyridine rings is 1. The maximum atomic E-state index is 12.8. The van der Waals surface area contributed by atoms with E-state index in [2.05, 4.69) is 25.6 Å². The SMILES string of the molecule is CCN(CCN(C)C)c1ncc(C(=O)O)cc1NS(=O)(=O)c1ccc(Br)cc1. The van der Waals surface area contributed by atoms with E-state index in [0.29, 0.717) is 18.9 Å². The normalized spacial score (nSPS) is 11.5. The zero-order chi connectivity index (χ0) is 20.9.